The molecule has 0 aromatic heterocycles. The predicted molar refractivity (Wildman–Crippen MR) is 50.6 cm³/mol. The van der Waals surface area contributed by atoms with Crippen LogP contribution in [0.5, 0.6) is 0 Å². The Balaban J connectivity index is 4.26. The van der Waals surface area contributed by atoms with Crippen LogP contribution in [0, 0.1) is 0 Å². The van der Waals surface area contributed by atoms with E-state index in [1.807, 2.05) is 0 Å². The first-order chi connectivity index (χ1) is 5.07. The molecule has 0 amide bonds. The summed E-state index contributed by atoms with van der Waals surface area (Å²) in [6.45, 7) is 8.14. The summed E-state index contributed by atoms with van der Waals surface area (Å²) in [5, 5.41) is 0. The van der Waals surface area contributed by atoms with E-state index in [-0.39, 0.29) is 5.83 Å². The molecule has 3 heteroatoms. The highest BCUT2D eigenvalue weighted by atomic mass is 79.9. The summed E-state index contributed by atoms with van der Waals surface area (Å²) in [5.74, 6) is -0.280. The average molecular weight is 218 g/mol. The lowest BCUT2D eigenvalue weighted by atomic mass is 10.4. The monoisotopic (exact) mass is 217 g/mol. The summed E-state index contributed by atoms with van der Waals surface area (Å²) in [4.78, 5) is 3.52. The molecule has 0 aliphatic rings. The van der Waals surface area contributed by atoms with E-state index in [1.54, 1.807) is 6.08 Å². The minimum atomic E-state index is -0.280. The van der Waals surface area contributed by atoms with Crippen molar-refractivity contribution in [3.63, 3.8) is 0 Å². The van der Waals surface area contributed by atoms with E-state index in [4.69, 9.17) is 0 Å². The topological polar surface area (TPSA) is 12.4 Å². The molecule has 0 fully saturated rings. The quantitative estimate of drug-likeness (QED) is 0.508. The zero-order chi connectivity index (χ0) is 8.85. The largest absolute Gasteiger partial charge is 0.265 e. The van der Waals surface area contributed by atoms with Gasteiger partial charge in [-0.15, -0.1) is 0 Å². The summed E-state index contributed by atoms with van der Waals surface area (Å²) in [6, 6.07) is 0. The van der Waals surface area contributed by atoms with E-state index in [0.717, 1.165) is 0 Å². The molecule has 0 bridgehead atoms. The first-order valence-electron chi connectivity index (χ1n) is 2.93. The minimum Gasteiger partial charge on any atom is -0.265 e. The van der Waals surface area contributed by atoms with Gasteiger partial charge in [0, 0.05) is 4.48 Å². The predicted octanol–water partition coefficient (Wildman–Crippen LogP) is 3.35. The second-order valence-electron chi connectivity index (χ2n) is 1.86. The fourth-order valence-corrected chi connectivity index (χ4v) is 0.469. The summed E-state index contributed by atoms with van der Waals surface area (Å²) >= 11 is 3.01. The maximum atomic E-state index is 12.4. The molecule has 0 aromatic rings. The minimum absolute atomic E-state index is 0.280. The van der Waals surface area contributed by atoms with Crippen LogP contribution in [-0.4, -0.2) is 6.72 Å². The second kappa shape index (κ2) is 5.02. The van der Waals surface area contributed by atoms with Crippen LogP contribution < -0.4 is 0 Å². The molecule has 0 aliphatic heterocycles. The summed E-state index contributed by atoms with van der Waals surface area (Å²) in [6.07, 6.45) is 3.10. The molecule has 1 nitrogen and oxygen atoms in total. The smallest absolute Gasteiger partial charge is 0.111 e. The van der Waals surface area contributed by atoms with Crippen LogP contribution in [0.4, 0.5) is 4.39 Å². The van der Waals surface area contributed by atoms with Crippen molar-refractivity contribution < 1.29 is 4.39 Å². The molecule has 0 N–H and O–H groups in total. The van der Waals surface area contributed by atoms with Gasteiger partial charge < -0.3 is 0 Å². The third-order valence-electron chi connectivity index (χ3n) is 0.954. The molecule has 60 valence electrons. The standard InChI is InChI=1S/C8H9BrFN/c1-6(11-3)4-5-8(9)7(2)10/h4-5H,1,3H2,2H3/b5-4-,8-7-. The van der Waals surface area contributed by atoms with Crippen LogP contribution in [0.1, 0.15) is 6.92 Å². The van der Waals surface area contributed by atoms with E-state index in [0.29, 0.717) is 10.2 Å². The Morgan fingerprint density at radius 3 is 2.45 bits per heavy atom. The molecule has 11 heavy (non-hydrogen) atoms. The molecule has 0 unspecified atom stereocenters. The van der Waals surface area contributed by atoms with Crippen molar-refractivity contribution in [2.75, 3.05) is 0 Å². The number of aliphatic imine (C=N–C) groups is 1. The molecule has 0 radical (unpaired) electrons. The number of hydrogen-bond donors (Lipinski definition) is 0. The van der Waals surface area contributed by atoms with Gasteiger partial charge in [0.15, 0.2) is 0 Å². The van der Waals surface area contributed by atoms with Crippen molar-refractivity contribution in [2.45, 2.75) is 6.92 Å². The number of halogens is 2. The highest BCUT2D eigenvalue weighted by Gasteiger charge is 1.90. The molecule has 0 aromatic carbocycles. The van der Waals surface area contributed by atoms with Crippen LogP contribution in [0.2, 0.25) is 0 Å². The van der Waals surface area contributed by atoms with Crippen molar-refractivity contribution in [2.24, 2.45) is 4.99 Å². The van der Waals surface area contributed by atoms with Crippen LogP contribution in [0.3, 0.4) is 0 Å². The fraction of sp³-hybridized carbons (Fsp3) is 0.125. The van der Waals surface area contributed by atoms with Gasteiger partial charge in [-0.2, -0.15) is 0 Å². The Labute approximate surface area is 74.2 Å². The van der Waals surface area contributed by atoms with Gasteiger partial charge in [0.2, 0.25) is 0 Å². The van der Waals surface area contributed by atoms with Gasteiger partial charge in [0.05, 0.1) is 5.70 Å². The number of rotatable bonds is 3. The Morgan fingerprint density at radius 2 is 2.09 bits per heavy atom. The van der Waals surface area contributed by atoms with Gasteiger partial charge in [0.25, 0.3) is 0 Å². The van der Waals surface area contributed by atoms with E-state index >= 15 is 0 Å². The Morgan fingerprint density at radius 1 is 1.55 bits per heavy atom. The van der Waals surface area contributed by atoms with Gasteiger partial charge in [-0.1, -0.05) is 6.58 Å². The van der Waals surface area contributed by atoms with Gasteiger partial charge in [-0.25, -0.2) is 4.39 Å². The zero-order valence-electron chi connectivity index (χ0n) is 6.27. The van der Waals surface area contributed by atoms with E-state index in [2.05, 4.69) is 34.2 Å². The van der Waals surface area contributed by atoms with E-state index in [1.165, 1.54) is 13.0 Å². The summed E-state index contributed by atoms with van der Waals surface area (Å²) in [5.41, 5.74) is 0.503. The Kier molecular flexibility index (Phi) is 4.70. The van der Waals surface area contributed by atoms with Gasteiger partial charge in [-0.05, 0) is 41.7 Å². The molecule has 0 saturated carbocycles. The molecular formula is C8H9BrFN. The van der Waals surface area contributed by atoms with Crippen molar-refractivity contribution in [1.82, 2.24) is 0 Å². The molecule has 0 heterocycles. The maximum Gasteiger partial charge on any atom is 0.111 e. The molecule has 0 atom stereocenters. The summed E-state index contributed by atoms with van der Waals surface area (Å²) in [7, 11) is 0. The summed E-state index contributed by atoms with van der Waals surface area (Å²) < 4.78 is 12.7. The number of allylic oxidation sites excluding steroid dienone is 4. The first kappa shape index (κ1) is 10.3. The Bertz CT molecular complexity index is 224. The normalized spacial score (nSPS) is 13.0. The number of nitrogens with zero attached hydrogens (tertiary/aromatic N) is 1. The zero-order valence-corrected chi connectivity index (χ0v) is 7.86. The third-order valence-corrected chi connectivity index (χ3v) is 1.76. The lowest BCUT2D eigenvalue weighted by Crippen LogP contribution is -1.69. The molecular weight excluding hydrogens is 209 g/mol. The van der Waals surface area contributed by atoms with Crippen molar-refractivity contribution in [3.05, 3.63) is 34.7 Å². The lowest BCUT2D eigenvalue weighted by Gasteiger charge is -1.89. The van der Waals surface area contributed by atoms with Crippen LogP contribution in [0.25, 0.3) is 0 Å². The fourth-order valence-electron chi connectivity index (χ4n) is 0.337. The highest BCUT2D eigenvalue weighted by molar-refractivity contribution is 9.11. The van der Waals surface area contributed by atoms with Crippen molar-refractivity contribution in [1.29, 1.82) is 0 Å². The van der Waals surface area contributed by atoms with Gasteiger partial charge >= 0.3 is 0 Å². The molecule has 0 saturated heterocycles. The van der Waals surface area contributed by atoms with E-state index < -0.39 is 0 Å². The number of hydrogen-bond acceptors (Lipinski definition) is 1. The average Bonchev–Trinajstić information content (AvgIpc) is 1.99. The third kappa shape index (κ3) is 4.67. The van der Waals surface area contributed by atoms with Crippen LogP contribution in [0.15, 0.2) is 39.7 Å². The van der Waals surface area contributed by atoms with Crippen LogP contribution >= 0.6 is 15.9 Å². The highest BCUT2D eigenvalue weighted by Crippen LogP contribution is 2.14. The molecule has 0 spiro atoms. The van der Waals surface area contributed by atoms with Gasteiger partial charge in [0.1, 0.15) is 5.83 Å². The maximum absolute atomic E-state index is 12.4. The van der Waals surface area contributed by atoms with Crippen LogP contribution in [-0.2, 0) is 0 Å². The lowest BCUT2D eigenvalue weighted by molar-refractivity contribution is 0.639. The van der Waals surface area contributed by atoms with Gasteiger partial charge in [-0.3, -0.25) is 4.99 Å². The first-order valence-corrected chi connectivity index (χ1v) is 3.73. The molecule has 0 aliphatic carbocycles. The van der Waals surface area contributed by atoms with E-state index in [9.17, 15) is 4.39 Å². The van der Waals surface area contributed by atoms with Crippen molar-refractivity contribution in [3.8, 4) is 0 Å². The Hall–Kier alpha value is -0.700. The van der Waals surface area contributed by atoms with Crippen molar-refractivity contribution >= 4 is 22.6 Å². The molecule has 0 rings (SSSR count). The SMILES string of the molecule is C=NC(=C)/C=C\C(Br)=C(/C)F. The second-order valence-corrected chi connectivity index (χ2v) is 2.72.